The molecule has 1 aromatic carbocycles. The van der Waals surface area contributed by atoms with E-state index in [0.717, 1.165) is 17.9 Å². The van der Waals surface area contributed by atoms with Gasteiger partial charge in [0, 0.05) is 6.04 Å². The summed E-state index contributed by atoms with van der Waals surface area (Å²) in [6.45, 7) is 0. The van der Waals surface area contributed by atoms with Gasteiger partial charge in [-0.2, -0.15) is 0 Å². The minimum absolute atomic E-state index is 0.161. The molecule has 2 bridgehead atoms. The van der Waals surface area contributed by atoms with E-state index in [-0.39, 0.29) is 5.69 Å². The summed E-state index contributed by atoms with van der Waals surface area (Å²) in [6.07, 6.45) is 3.96. The fraction of sp³-hybridized carbons (Fsp3) is 0.571. The number of fused-ring (bicyclic) bond motifs is 5. The second-order valence-electron chi connectivity index (χ2n) is 5.98. The van der Waals surface area contributed by atoms with Crippen molar-refractivity contribution >= 4 is 11.4 Å². The molecule has 3 aliphatic carbocycles. The molecule has 3 N–H and O–H groups in total. The van der Waals surface area contributed by atoms with E-state index >= 15 is 0 Å². The van der Waals surface area contributed by atoms with Gasteiger partial charge >= 0.3 is 0 Å². The first-order chi connectivity index (χ1) is 8.66. The first-order valence-corrected chi connectivity index (χ1v) is 6.67. The van der Waals surface area contributed by atoms with Gasteiger partial charge in [-0.1, -0.05) is 0 Å². The minimum Gasteiger partial charge on any atom is -0.397 e. The summed E-state index contributed by atoms with van der Waals surface area (Å²) < 4.78 is 26.9. The third-order valence-electron chi connectivity index (χ3n) is 5.17. The zero-order valence-corrected chi connectivity index (χ0v) is 10.00. The van der Waals surface area contributed by atoms with Crippen LogP contribution in [0.5, 0.6) is 0 Å². The van der Waals surface area contributed by atoms with Crippen molar-refractivity contribution < 1.29 is 8.78 Å². The summed E-state index contributed by atoms with van der Waals surface area (Å²) in [5.74, 6) is 1.27. The lowest BCUT2D eigenvalue weighted by atomic mass is 10.0. The number of hydrogen-bond donors (Lipinski definition) is 2. The van der Waals surface area contributed by atoms with Crippen LogP contribution in [0.4, 0.5) is 20.2 Å². The molecule has 1 aromatic rings. The average Bonchev–Trinajstić information content (AvgIpc) is 2.75. The predicted molar refractivity (Wildman–Crippen MR) is 66.0 cm³/mol. The van der Waals surface area contributed by atoms with E-state index < -0.39 is 11.6 Å². The van der Waals surface area contributed by atoms with E-state index in [2.05, 4.69) is 5.32 Å². The van der Waals surface area contributed by atoms with E-state index in [1.54, 1.807) is 0 Å². The first kappa shape index (κ1) is 10.6. The van der Waals surface area contributed by atoms with E-state index in [9.17, 15) is 8.78 Å². The van der Waals surface area contributed by atoms with Crippen LogP contribution in [0.2, 0.25) is 0 Å². The van der Waals surface area contributed by atoms with Gasteiger partial charge in [-0.3, -0.25) is 0 Å². The van der Waals surface area contributed by atoms with Gasteiger partial charge in [0.15, 0.2) is 11.6 Å². The van der Waals surface area contributed by atoms with Gasteiger partial charge in [0.25, 0.3) is 0 Å². The Bertz CT molecular complexity index is 501. The molecule has 4 rings (SSSR count). The Kier molecular flexibility index (Phi) is 1.98. The Morgan fingerprint density at radius 3 is 2.44 bits per heavy atom. The Hall–Kier alpha value is -1.32. The molecule has 0 radical (unpaired) electrons. The number of hydrogen-bond acceptors (Lipinski definition) is 2. The predicted octanol–water partition coefficient (Wildman–Crippen LogP) is 3.00. The summed E-state index contributed by atoms with van der Waals surface area (Å²) in [6, 6.07) is 2.82. The first-order valence-electron chi connectivity index (χ1n) is 6.67. The smallest absolute Gasteiger partial charge is 0.183 e. The molecular weight excluding hydrogens is 234 g/mol. The summed E-state index contributed by atoms with van der Waals surface area (Å²) in [7, 11) is 0. The molecule has 3 aliphatic rings. The Morgan fingerprint density at radius 2 is 1.78 bits per heavy atom. The van der Waals surface area contributed by atoms with Crippen LogP contribution in [0.1, 0.15) is 19.3 Å². The molecule has 96 valence electrons. The highest BCUT2D eigenvalue weighted by atomic mass is 19.2. The van der Waals surface area contributed by atoms with Crippen molar-refractivity contribution in [3.05, 3.63) is 23.8 Å². The standard InChI is InChI=1S/C14H16F2N2/c15-8-3-4-9(17)13(12(8)16)18-14-10-6-1-2-7(5-6)11(10)14/h3-4,6-7,10-11,14,18H,1-2,5,17H2. The fourth-order valence-electron chi connectivity index (χ4n) is 4.40. The van der Waals surface area contributed by atoms with Gasteiger partial charge in [0.2, 0.25) is 0 Å². The van der Waals surface area contributed by atoms with Gasteiger partial charge < -0.3 is 11.1 Å². The summed E-state index contributed by atoms with van der Waals surface area (Å²) >= 11 is 0. The van der Waals surface area contributed by atoms with E-state index in [0.29, 0.717) is 23.6 Å². The van der Waals surface area contributed by atoms with Crippen molar-refractivity contribution in [3.63, 3.8) is 0 Å². The van der Waals surface area contributed by atoms with E-state index in [1.165, 1.54) is 25.3 Å². The van der Waals surface area contributed by atoms with Crippen LogP contribution in [0.15, 0.2) is 12.1 Å². The van der Waals surface area contributed by atoms with Crippen molar-refractivity contribution in [1.29, 1.82) is 0 Å². The van der Waals surface area contributed by atoms with Crippen molar-refractivity contribution in [2.45, 2.75) is 25.3 Å². The third-order valence-corrected chi connectivity index (χ3v) is 5.17. The summed E-state index contributed by atoms with van der Waals surface area (Å²) in [4.78, 5) is 0. The Labute approximate surface area is 105 Å². The molecule has 0 saturated heterocycles. The van der Waals surface area contributed by atoms with Crippen molar-refractivity contribution in [2.24, 2.45) is 23.7 Å². The molecule has 4 unspecified atom stereocenters. The molecule has 3 fully saturated rings. The molecule has 0 aromatic heterocycles. The lowest BCUT2D eigenvalue weighted by Crippen LogP contribution is -2.15. The normalized spacial score (nSPS) is 39.8. The van der Waals surface area contributed by atoms with E-state index in [1.807, 2.05) is 0 Å². The molecule has 4 atom stereocenters. The number of rotatable bonds is 2. The summed E-state index contributed by atoms with van der Waals surface area (Å²) in [5.41, 5.74) is 6.19. The van der Waals surface area contributed by atoms with Crippen LogP contribution in [0, 0.1) is 35.3 Å². The maximum Gasteiger partial charge on any atom is 0.183 e. The zero-order valence-electron chi connectivity index (χ0n) is 10.00. The topological polar surface area (TPSA) is 38.0 Å². The lowest BCUT2D eigenvalue weighted by Gasteiger charge is -2.14. The maximum absolute atomic E-state index is 13.7. The van der Waals surface area contributed by atoms with Gasteiger partial charge in [-0.05, 0) is 55.1 Å². The van der Waals surface area contributed by atoms with Crippen LogP contribution in [-0.4, -0.2) is 6.04 Å². The van der Waals surface area contributed by atoms with Gasteiger partial charge in [0.1, 0.15) is 0 Å². The highest BCUT2D eigenvalue weighted by molar-refractivity contribution is 5.68. The highest BCUT2D eigenvalue weighted by Crippen LogP contribution is 2.66. The zero-order chi connectivity index (χ0) is 12.4. The average molecular weight is 250 g/mol. The molecule has 0 amide bonds. The largest absolute Gasteiger partial charge is 0.397 e. The maximum atomic E-state index is 13.7. The fourth-order valence-corrected chi connectivity index (χ4v) is 4.40. The number of benzene rings is 1. The molecule has 0 aliphatic heterocycles. The van der Waals surface area contributed by atoms with Crippen molar-refractivity contribution in [2.75, 3.05) is 11.1 Å². The second kappa shape index (κ2) is 3.37. The number of nitrogens with two attached hydrogens (primary N) is 1. The third kappa shape index (κ3) is 1.26. The molecule has 2 nitrogen and oxygen atoms in total. The Morgan fingerprint density at radius 1 is 1.11 bits per heavy atom. The second-order valence-corrected chi connectivity index (χ2v) is 5.98. The monoisotopic (exact) mass is 250 g/mol. The van der Waals surface area contributed by atoms with Gasteiger partial charge in [-0.25, -0.2) is 8.78 Å². The quantitative estimate of drug-likeness (QED) is 0.792. The molecule has 4 heteroatoms. The van der Waals surface area contributed by atoms with Crippen LogP contribution in [0.3, 0.4) is 0 Å². The van der Waals surface area contributed by atoms with Crippen LogP contribution in [-0.2, 0) is 0 Å². The number of nitrogen functional groups attached to an aromatic ring is 1. The van der Waals surface area contributed by atoms with Crippen molar-refractivity contribution in [1.82, 2.24) is 0 Å². The van der Waals surface area contributed by atoms with E-state index in [4.69, 9.17) is 5.73 Å². The van der Waals surface area contributed by atoms with Crippen LogP contribution < -0.4 is 11.1 Å². The molecule has 0 heterocycles. The van der Waals surface area contributed by atoms with Crippen molar-refractivity contribution in [3.8, 4) is 0 Å². The molecule has 18 heavy (non-hydrogen) atoms. The molecule has 0 spiro atoms. The summed E-state index contributed by atoms with van der Waals surface area (Å²) in [5, 5.41) is 3.16. The molecular formula is C14H16F2N2. The number of anilines is 2. The van der Waals surface area contributed by atoms with Crippen LogP contribution in [0.25, 0.3) is 0 Å². The van der Waals surface area contributed by atoms with Gasteiger partial charge in [0.05, 0.1) is 11.4 Å². The van der Waals surface area contributed by atoms with Crippen LogP contribution >= 0.6 is 0 Å². The number of halogens is 2. The molecule has 3 saturated carbocycles. The van der Waals surface area contributed by atoms with Gasteiger partial charge in [-0.15, -0.1) is 0 Å². The lowest BCUT2D eigenvalue weighted by molar-refractivity contribution is 0.456. The SMILES string of the molecule is Nc1ccc(F)c(F)c1NC1C2C3CCC(C3)C12. The minimum atomic E-state index is -0.840. The number of nitrogens with one attached hydrogen (secondary N) is 1. The highest BCUT2D eigenvalue weighted by Gasteiger charge is 2.65. The Balaban J connectivity index is 1.59.